The van der Waals surface area contributed by atoms with Crippen LogP contribution in [0.1, 0.15) is 96.0 Å². The smallest absolute Gasteiger partial charge is 0.497 e. The monoisotopic (exact) mass is 456 g/mol. The standard InChI is InChI=1S/C27H38O2.CH2O3/c1-3-5-6-7-8-9-10-11-12-14-19-24-20-21-25(22-28)26(27(24)29-4-2)23-17-15-13-16-18-23;2-1(3)4/h13,15-18,20-21,26H,3-12,14,19H2,1-2H3;(H2,2,3,4). The number of benzene rings is 1. The van der Waals surface area contributed by atoms with Gasteiger partial charge in [-0.3, -0.25) is 0 Å². The van der Waals surface area contributed by atoms with Gasteiger partial charge >= 0.3 is 6.16 Å². The van der Waals surface area contributed by atoms with Gasteiger partial charge in [0.1, 0.15) is 11.7 Å². The second kappa shape index (κ2) is 17.7. The molecule has 0 radical (unpaired) electrons. The molecule has 1 aromatic carbocycles. The minimum atomic E-state index is -1.83. The first kappa shape index (κ1) is 28.3. The van der Waals surface area contributed by atoms with E-state index in [2.05, 4.69) is 31.1 Å². The van der Waals surface area contributed by atoms with Gasteiger partial charge in [0, 0.05) is 0 Å². The van der Waals surface area contributed by atoms with Crippen molar-refractivity contribution in [3.8, 4) is 0 Å². The molecule has 5 heteroatoms. The van der Waals surface area contributed by atoms with Gasteiger partial charge in [0.05, 0.1) is 18.1 Å². The van der Waals surface area contributed by atoms with Crippen LogP contribution in [0.2, 0.25) is 0 Å². The molecule has 2 rings (SSSR count). The Morgan fingerprint density at radius 1 is 0.879 bits per heavy atom. The van der Waals surface area contributed by atoms with Crippen molar-refractivity contribution in [1.29, 1.82) is 0 Å². The van der Waals surface area contributed by atoms with Crippen LogP contribution in [0.25, 0.3) is 0 Å². The van der Waals surface area contributed by atoms with Crippen LogP contribution in [0, 0.1) is 0 Å². The summed E-state index contributed by atoms with van der Waals surface area (Å²) in [6, 6.07) is 10.2. The van der Waals surface area contributed by atoms with Crippen molar-refractivity contribution >= 4 is 12.1 Å². The molecule has 0 bridgehead atoms. The summed E-state index contributed by atoms with van der Waals surface area (Å²) in [5.41, 5.74) is 2.99. The van der Waals surface area contributed by atoms with Crippen LogP contribution in [0.3, 0.4) is 0 Å². The molecule has 1 aliphatic carbocycles. The molecule has 182 valence electrons. The van der Waals surface area contributed by atoms with Crippen LogP contribution < -0.4 is 0 Å². The van der Waals surface area contributed by atoms with Gasteiger partial charge in [-0.2, -0.15) is 0 Å². The maximum Gasteiger partial charge on any atom is 0.503 e. The van der Waals surface area contributed by atoms with E-state index in [-0.39, 0.29) is 5.92 Å². The summed E-state index contributed by atoms with van der Waals surface area (Å²) < 4.78 is 6.07. The van der Waals surface area contributed by atoms with Crippen molar-refractivity contribution in [2.24, 2.45) is 0 Å². The molecule has 33 heavy (non-hydrogen) atoms. The molecule has 0 heterocycles. The Balaban J connectivity index is 0.00000125. The maximum atomic E-state index is 11.6. The highest BCUT2D eigenvalue weighted by Gasteiger charge is 2.27. The molecule has 1 aliphatic rings. The number of ether oxygens (including phenoxy) is 1. The van der Waals surface area contributed by atoms with Crippen LogP contribution in [-0.2, 0) is 9.53 Å². The van der Waals surface area contributed by atoms with E-state index in [4.69, 9.17) is 19.7 Å². The third-order valence-electron chi connectivity index (χ3n) is 5.70. The van der Waals surface area contributed by atoms with Gasteiger partial charge in [0.15, 0.2) is 0 Å². The molecule has 2 N–H and O–H groups in total. The molecule has 1 unspecified atom stereocenters. The second-order valence-corrected chi connectivity index (χ2v) is 8.27. The molecule has 0 saturated heterocycles. The minimum Gasteiger partial charge on any atom is -0.497 e. The van der Waals surface area contributed by atoms with Crippen LogP contribution in [0.15, 0.2) is 59.4 Å². The van der Waals surface area contributed by atoms with Crippen molar-refractivity contribution in [3.63, 3.8) is 0 Å². The highest BCUT2D eigenvalue weighted by molar-refractivity contribution is 5.66. The summed E-state index contributed by atoms with van der Waals surface area (Å²) in [7, 11) is 0. The molecule has 0 aliphatic heterocycles. The lowest BCUT2D eigenvalue weighted by atomic mass is 9.83. The Kier molecular flexibility index (Phi) is 15.2. The predicted molar refractivity (Wildman–Crippen MR) is 133 cm³/mol. The number of allylic oxidation sites excluding steroid dienone is 4. The normalized spacial score (nSPS) is 15.0. The van der Waals surface area contributed by atoms with E-state index in [1.54, 1.807) is 0 Å². The SMILES string of the molecule is CCCCCCCCCCCCC1=C(OCC)C(c2ccccc2)C(=C=O)C=C1.O=C(O)O. The van der Waals surface area contributed by atoms with E-state index in [1.807, 2.05) is 31.2 Å². The van der Waals surface area contributed by atoms with Crippen LogP contribution in [0.5, 0.6) is 0 Å². The Morgan fingerprint density at radius 3 is 1.94 bits per heavy atom. The Bertz CT molecular complexity index is 784. The van der Waals surface area contributed by atoms with Gasteiger partial charge < -0.3 is 14.9 Å². The first-order valence-electron chi connectivity index (χ1n) is 12.3. The molecule has 5 nitrogen and oxygen atoms in total. The number of hydrogen-bond donors (Lipinski definition) is 2. The summed E-state index contributed by atoms with van der Waals surface area (Å²) in [4.78, 5) is 20.1. The fourth-order valence-corrected chi connectivity index (χ4v) is 4.11. The van der Waals surface area contributed by atoms with Gasteiger partial charge in [0.25, 0.3) is 0 Å². The second-order valence-electron chi connectivity index (χ2n) is 8.27. The van der Waals surface area contributed by atoms with E-state index in [1.165, 1.54) is 69.8 Å². The zero-order chi connectivity index (χ0) is 24.3. The van der Waals surface area contributed by atoms with E-state index in [0.717, 1.165) is 17.7 Å². The quantitative estimate of drug-likeness (QED) is 0.219. The number of carboxylic acid groups (broad SMARTS) is 2. The Labute approximate surface area is 198 Å². The van der Waals surface area contributed by atoms with E-state index < -0.39 is 6.16 Å². The van der Waals surface area contributed by atoms with Crippen LogP contribution in [-0.4, -0.2) is 28.9 Å². The molecule has 0 fully saturated rings. The van der Waals surface area contributed by atoms with E-state index >= 15 is 0 Å². The van der Waals surface area contributed by atoms with Gasteiger partial charge in [-0.05, 0) is 37.0 Å². The first-order valence-corrected chi connectivity index (χ1v) is 12.3. The summed E-state index contributed by atoms with van der Waals surface area (Å²) >= 11 is 0. The zero-order valence-corrected chi connectivity index (χ0v) is 20.2. The van der Waals surface area contributed by atoms with Gasteiger partial charge in [-0.1, -0.05) is 101 Å². The van der Waals surface area contributed by atoms with Crippen molar-refractivity contribution in [2.45, 2.75) is 90.4 Å². The first-order chi connectivity index (χ1) is 16.0. The average molecular weight is 457 g/mol. The molecular weight excluding hydrogens is 416 g/mol. The van der Waals surface area contributed by atoms with E-state index in [0.29, 0.717) is 12.2 Å². The molecule has 0 amide bonds. The lowest BCUT2D eigenvalue weighted by molar-refractivity contribution is 0.137. The zero-order valence-electron chi connectivity index (χ0n) is 20.2. The summed E-state index contributed by atoms with van der Waals surface area (Å²) in [6.45, 7) is 4.89. The van der Waals surface area contributed by atoms with Crippen molar-refractivity contribution in [2.75, 3.05) is 6.61 Å². The summed E-state index contributed by atoms with van der Waals surface area (Å²) in [5.74, 6) is 2.95. The number of unbranched alkanes of at least 4 members (excludes halogenated alkanes) is 9. The van der Waals surface area contributed by atoms with Crippen LogP contribution in [0.4, 0.5) is 4.79 Å². The number of hydrogen-bond acceptors (Lipinski definition) is 3. The third-order valence-corrected chi connectivity index (χ3v) is 5.70. The van der Waals surface area contributed by atoms with Crippen molar-refractivity contribution in [1.82, 2.24) is 0 Å². The fraction of sp³-hybridized carbons (Fsp3) is 0.536. The van der Waals surface area contributed by atoms with Crippen molar-refractivity contribution in [3.05, 3.63) is 65.0 Å². The molecule has 0 aromatic heterocycles. The minimum absolute atomic E-state index is 0.128. The van der Waals surface area contributed by atoms with Gasteiger partial charge in [0.2, 0.25) is 0 Å². The number of rotatable bonds is 14. The number of carbonyl (C=O) groups is 1. The summed E-state index contributed by atoms with van der Waals surface area (Å²) in [5, 5.41) is 13.9. The molecule has 1 aromatic rings. The molecule has 0 saturated carbocycles. The average Bonchev–Trinajstić information content (AvgIpc) is 2.81. The Hall–Kier alpha value is -2.78. The maximum absolute atomic E-state index is 11.6. The summed E-state index contributed by atoms with van der Waals surface area (Å²) in [6.07, 6.45) is 16.6. The molecular formula is C28H40O5. The lowest BCUT2D eigenvalue weighted by Gasteiger charge is -2.26. The highest BCUT2D eigenvalue weighted by Crippen LogP contribution is 2.39. The van der Waals surface area contributed by atoms with Crippen molar-refractivity contribution < 1.29 is 24.5 Å². The van der Waals surface area contributed by atoms with E-state index in [9.17, 15) is 4.79 Å². The highest BCUT2D eigenvalue weighted by atomic mass is 16.6. The fourth-order valence-electron chi connectivity index (χ4n) is 4.11. The van der Waals surface area contributed by atoms with Gasteiger partial charge in [-0.25, -0.2) is 9.59 Å². The van der Waals surface area contributed by atoms with Crippen LogP contribution >= 0.6 is 0 Å². The topological polar surface area (TPSA) is 83.8 Å². The Morgan fingerprint density at radius 2 is 1.42 bits per heavy atom. The lowest BCUT2D eigenvalue weighted by Crippen LogP contribution is -2.14. The number of carbonyl (C=O) groups excluding carboxylic acids is 1. The largest absolute Gasteiger partial charge is 0.503 e. The van der Waals surface area contributed by atoms with Gasteiger partial charge in [-0.15, -0.1) is 0 Å². The third kappa shape index (κ3) is 11.6. The molecule has 1 atom stereocenters. The predicted octanol–water partition coefficient (Wildman–Crippen LogP) is 7.92. The molecule has 0 spiro atoms.